The molecule has 7 heteroatoms. The van der Waals surface area contributed by atoms with Crippen LogP contribution in [-0.4, -0.2) is 45.6 Å². The second-order valence-corrected chi connectivity index (χ2v) is 9.34. The summed E-state index contributed by atoms with van der Waals surface area (Å²) in [5.41, 5.74) is 3.81. The van der Waals surface area contributed by atoms with E-state index in [1.54, 1.807) is 6.08 Å². The predicted molar refractivity (Wildman–Crippen MR) is 128 cm³/mol. The minimum atomic E-state index is -0.116. The standard InChI is InChI=1S/C25H33ClN4O2/c1-17(2)15-25(32)29-13-11-21(12-14-29)27-24(31)10-9-22-18(3)28-30(19(22)4)16-20-7-5-6-8-23(20)26/h5-10,17,21H,11-16H2,1-4H3,(H,27,31)/b10-9+. The Kier molecular flexibility index (Phi) is 8.13. The summed E-state index contributed by atoms with van der Waals surface area (Å²) < 4.78 is 1.91. The van der Waals surface area contributed by atoms with Crippen molar-refractivity contribution in [1.29, 1.82) is 0 Å². The fourth-order valence-electron chi connectivity index (χ4n) is 4.05. The van der Waals surface area contributed by atoms with Gasteiger partial charge in [0, 0.05) is 47.9 Å². The first-order valence-electron chi connectivity index (χ1n) is 11.3. The van der Waals surface area contributed by atoms with Crippen LogP contribution in [-0.2, 0) is 16.1 Å². The van der Waals surface area contributed by atoms with E-state index in [4.69, 9.17) is 11.6 Å². The van der Waals surface area contributed by atoms with Gasteiger partial charge in [-0.1, -0.05) is 43.6 Å². The van der Waals surface area contributed by atoms with E-state index in [0.717, 1.165) is 35.4 Å². The number of piperidine rings is 1. The molecule has 3 rings (SSSR count). The van der Waals surface area contributed by atoms with Gasteiger partial charge in [-0.2, -0.15) is 5.10 Å². The summed E-state index contributed by atoms with van der Waals surface area (Å²) >= 11 is 6.29. The SMILES string of the molecule is Cc1nn(Cc2ccccc2Cl)c(C)c1/C=C/C(=O)NC1CCN(C(=O)CC(C)C)CC1. The van der Waals surface area contributed by atoms with Gasteiger partial charge in [0.1, 0.15) is 0 Å². The van der Waals surface area contributed by atoms with Crippen LogP contribution in [0.4, 0.5) is 0 Å². The molecule has 1 aromatic heterocycles. The molecule has 1 N–H and O–H groups in total. The number of rotatable bonds is 7. The number of benzene rings is 1. The van der Waals surface area contributed by atoms with E-state index < -0.39 is 0 Å². The molecule has 0 aliphatic carbocycles. The lowest BCUT2D eigenvalue weighted by Gasteiger charge is -2.32. The van der Waals surface area contributed by atoms with Gasteiger partial charge in [0.05, 0.1) is 12.2 Å². The van der Waals surface area contributed by atoms with Crippen LogP contribution in [0, 0.1) is 19.8 Å². The van der Waals surface area contributed by atoms with Crippen molar-refractivity contribution in [2.75, 3.05) is 13.1 Å². The zero-order valence-electron chi connectivity index (χ0n) is 19.4. The van der Waals surface area contributed by atoms with Gasteiger partial charge in [0.2, 0.25) is 11.8 Å². The molecule has 0 spiro atoms. The Hall–Kier alpha value is -2.60. The van der Waals surface area contributed by atoms with Crippen molar-refractivity contribution in [3.05, 3.63) is 57.9 Å². The molecule has 1 saturated heterocycles. The first kappa shape index (κ1) is 24.1. The molecule has 1 aliphatic rings. The third kappa shape index (κ3) is 6.22. The van der Waals surface area contributed by atoms with Crippen LogP contribution in [0.3, 0.4) is 0 Å². The quantitative estimate of drug-likeness (QED) is 0.629. The fourth-order valence-corrected chi connectivity index (χ4v) is 4.25. The van der Waals surface area contributed by atoms with E-state index in [1.807, 2.05) is 53.8 Å². The summed E-state index contributed by atoms with van der Waals surface area (Å²) in [5.74, 6) is 0.463. The molecule has 0 unspecified atom stereocenters. The number of likely N-dealkylation sites (tertiary alicyclic amines) is 1. The molecular weight excluding hydrogens is 424 g/mol. The minimum Gasteiger partial charge on any atom is -0.350 e. The average molecular weight is 457 g/mol. The summed E-state index contributed by atoms with van der Waals surface area (Å²) in [6.45, 7) is 10.0. The number of nitrogens with zero attached hydrogens (tertiary/aromatic N) is 3. The number of nitrogens with one attached hydrogen (secondary N) is 1. The second kappa shape index (κ2) is 10.8. The van der Waals surface area contributed by atoms with Crippen LogP contribution in [0.1, 0.15) is 55.6 Å². The summed E-state index contributed by atoms with van der Waals surface area (Å²) in [4.78, 5) is 26.6. The third-order valence-corrected chi connectivity index (χ3v) is 6.26. The molecule has 1 fully saturated rings. The first-order valence-corrected chi connectivity index (χ1v) is 11.7. The Balaban J connectivity index is 1.55. The predicted octanol–water partition coefficient (Wildman–Crippen LogP) is 4.37. The van der Waals surface area contributed by atoms with Crippen LogP contribution in [0.15, 0.2) is 30.3 Å². The molecule has 0 bridgehead atoms. The monoisotopic (exact) mass is 456 g/mol. The maximum Gasteiger partial charge on any atom is 0.244 e. The molecule has 1 aromatic carbocycles. The highest BCUT2D eigenvalue weighted by Gasteiger charge is 2.23. The fraction of sp³-hybridized carbons (Fsp3) is 0.480. The Morgan fingerprint density at radius 3 is 2.56 bits per heavy atom. The number of hydrogen-bond donors (Lipinski definition) is 1. The highest BCUT2D eigenvalue weighted by molar-refractivity contribution is 6.31. The zero-order chi connectivity index (χ0) is 23.3. The lowest BCUT2D eigenvalue weighted by Crippen LogP contribution is -2.46. The van der Waals surface area contributed by atoms with E-state index in [9.17, 15) is 9.59 Å². The number of halogens is 1. The van der Waals surface area contributed by atoms with Gasteiger partial charge in [-0.05, 0) is 50.3 Å². The number of amides is 2. The second-order valence-electron chi connectivity index (χ2n) is 8.93. The van der Waals surface area contributed by atoms with Crippen molar-refractivity contribution in [3.63, 3.8) is 0 Å². The molecule has 2 aromatic rings. The van der Waals surface area contributed by atoms with Crippen molar-refractivity contribution >= 4 is 29.5 Å². The Morgan fingerprint density at radius 2 is 1.91 bits per heavy atom. The maximum atomic E-state index is 12.5. The molecule has 172 valence electrons. The van der Waals surface area contributed by atoms with Gasteiger partial charge in [0.25, 0.3) is 0 Å². The van der Waals surface area contributed by atoms with E-state index >= 15 is 0 Å². The molecule has 2 amide bonds. The number of carbonyl (C=O) groups excluding carboxylic acids is 2. The van der Waals surface area contributed by atoms with E-state index in [-0.39, 0.29) is 17.9 Å². The molecule has 0 atom stereocenters. The van der Waals surface area contributed by atoms with Crippen LogP contribution < -0.4 is 5.32 Å². The number of aromatic nitrogens is 2. The number of carbonyl (C=O) groups is 2. The lowest BCUT2D eigenvalue weighted by atomic mass is 10.0. The van der Waals surface area contributed by atoms with E-state index in [2.05, 4.69) is 24.3 Å². The molecular formula is C25H33ClN4O2. The van der Waals surface area contributed by atoms with E-state index in [1.165, 1.54) is 0 Å². The van der Waals surface area contributed by atoms with Crippen molar-refractivity contribution in [1.82, 2.24) is 20.0 Å². The lowest BCUT2D eigenvalue weighted by molar-refractivity contribution is -0.133. The molecule has 1 aliphatic heterocycles. The van der Waals surface area contributed by atoms with Gasteiger partial charge in [-0.3, -0.25) is 14.3 Å². The molecule has 2 heterocycles. The largest absolute Gasteiger partial charge is 0.350 e. The molecule has 32 heavy (non-hydrogen) atoms. The summed E-state index contributed by atoms with van der Waals surface area (Å²) in [7, 11) is 0. The Labute approximate surface area is 195 Å². The Bertz CT molecular complexity index is 988. The van der Waals surface area contributed by atoms with Crippen LogP contribution in [0.5, 0.6) is 0 Å². The van der Waals surface area contributed by atoms with Gasteiger partial charge in [-0.15, -0.1) is 0 Å². The Morgan fingerprint density at radius 1 is 1.22 bits per heavy atom. The highest BCUT2D eigenvalue weighted by atomic mass is 35.5. The molecule has 0 radical (unpaired) electrons. The van der Waals surface area contributed by atoms with Crippen molar-refractivity contribution in [2.24, 2.45) is 5.92 Å². The highest BCUT2D eigenvalue weighted by Crippen LogP contribution is 2.20. The number of hydrogen-bond acceptors (Lipinski definition) is 3. The first-order chi connectivity index (χ1) is 15.2. The molecule has 0 saturated carbocycles. The van der Waals surface area contributed by atoms with Crippen LogP contribution >= 0.6 is 11.6 Å². The van der Waals surface area contributed by atoms with Gasteiger partial charge in [-0.25, -0.2) is 0 Å². The summed E-state index contributed by atoms with van der Waals surface area (Å²) in [6, 6.07) is 7.83. The normalized spacial score (nSPS) is 15.0. The average Bonchev–Trinajstić information content (AvgIpc) is 3.00. The zero-order valence-corrected chi connectivity index (χ0v) is 20.2. The topological polar surface area (TPSA) is 67.2 Å². The van der Waals surface area contributed by atoms with E-state index in [0.29, 0.717) is 37.0 Å². The van der Waals surface area contributed by atoms with Crippen molar-refractivity contribution in [3.8, 4) is 0 Å². The van der Waals surface area contributed by atoms with Crippen molar-refractivity contribution in [2.45, 2.75) is 59.5 Å². The minimum absolute atomic E-state index is 0.0976. The summed E-state index contributed by atoms with van der Waals surface area (Å²) in [5, 5.41) is 8.41. The molecule has 6 nitrogen and oxygen atoms in total. The maximum absolute atomic E-state index is 12.5. The number of aryl methyl sites for hydroxylation is 1. The van der Waals surface area contributed by atoms with Crippen LogP contribution in [0.2, 0.25) is 5.02 Å². The third-order valence-electron chi connectivity index (χ3n) is 5.89. The van der Waals surface area contributed by atoms with Gasteiger partial charge in [0.15, 0.2) is 0 Å². The van der Waals surface area contributed by atoms with Crippen LogP contribution in [0.25, 0.3) is 6.08 Å². The van der Waals surface area contributed by atoms with Gasteiger partial charge >= 0.3 is 0 Å². The summed E-state index contributed by atoms with van der Waals surface area (Å²) in [6.07, 6.45) is 5.57. The van der Waals surface area contributed by atoms with Crippen molar-refractivity contribution < 1.29 is 9.59 Å². The smallest absolute Gasteiger partial charge is 0.244 e. The van der Waals surface area contributed by atoms with Gasteiger partial charge < -0.3 is 10.2 Å².